The van der Waals surface area contributed by atoms with Crippen LogP contribution in [0, 0.1) is 0 Å². The smallest absolute Gasteiger partial charge is 0.363 e. The van der Waals surface area contributed by atoms with Gasteiger partial charge in [0.1, 0.15) is 0 Å². The zero-order chi connectivity index (χ0) is 20.3. The Morgan fingerprint density at radius 2 is 1.64 bits per heavy atom. The quantitative estimate of drug-likeness (QED) is 0.482. The summed E-state index contributed by atoms with van der Waals surface area (Å²) < 4.78 is 32.7. The van der Waals surface area contributed by atoms with Gasteiger partial charge in [0.2, 0.25) is 15.9 Å². The van der Waals surface area contributed by atoms with E-state index in [4.69, 9.17) is 4.74 Å². The first-order valence-electron chi connectivity index (χ1n) is 8.74. The Kier molecular flexibility index (Phi) is 6.12. The molecule has 0 N–H and O–H groups in total. The van der Waals surface area contributed by atoms with Crippen LogP contribution >= 0.6 is 15.9 Å². The molecule has 2 aromatic carbocycles. The lowest BCUT2D eigenvalue weighted by Crippen LogP contribution is -2.30. The number of nitrogens with zero attached hydrogens (tertiary/aromatic N) is 2. The van der Waals surface area contributed by atoms with Crippen LogP contribution in [0.2, 0.25) is 0 Å². The number of hydrogen-bond donors (Lipinski definition) is 0. The fraction of sp³-hybridized carbons (Fsp3) is 0.200. The van der Waals surface area contributed by atoms with Crippen molar-refractivity contribution in [3.63, 3.8) is 0 Å². The zero-order valence-corrected chi connectivity index (χ0v) is 17.8. The molecule has 0 fully saturated rings. The summed E-state index contributed by atoms with van der Waals surface area (Å²) in [6, 6.07) is 13.6. The van der Waals surface area contributed by atoms with Crippen LogP contribution in [0.15, 0.2) is 68.6 Å². The summed E-state index contributed by atoms with van der Waals surface area (Å²) in [6.45, 7) is 4.38. The molecule has 6 nitrogen and oxygen atoms in total. The van der Waals surface area contributed by atoms with Crippen LogP contribution in [-0.4, -0.2) is 37.7 Å². The first-order valence-corrected chi connectivity index (χ1v) is 11.0. The zero-order valence-electron chi connectivity index (χ0n) is 15.4. The average molecular weight is 463 g/mol. The third-order valence-electron chi connectivity index (χ3n) is 4.24. The molecule has 8 heteroatoms. The molecule has 0 saturated heterocycles. The van der Waals surface area contributed by atoms with Gasteiger partial charge in [-0.05, 0) is 48.0 Å². The second-order valence-electron chi connectivity index (χ2n) is 6.00. The number of benzene rings is 2. The molecular weight excluding hydrogens is 444 g/mol. The van der Waals surface area contributed by atoms with Crippen molar-refractivity contribution in [1.82, 2.24) is 4.31 Å². The average Bonchev–Trinajstić information content (AvgIpc) is 3.05. The molecule has 0 bridgehead atoms. The maximum Gasteiger partial charge on any atom is 0.363 e. The topological polar surface area (TPSA) is 76.0 Å². The van der Waals surface area contributed by atoms with E-state index in [1.807, 2.05) is 24.3 Å². The van der Waals surface area contributed by atoms with Crippen LogP contribution in [0.3, 0.4) is 0 Å². The van der Waals surface area contributed by atoms with Gasteiger partial charge in [-0.25, -0.2) is 18.2 Å². The Bertz CT molecular complexity index is 1040. The van der Waals surface area contributed by atoms with Crippen LogP contribution in [0.1, 0.15) is 25.0 Å². The number of carbonyl (C=O) groups is 1. The van der Waals surface area contributed by atoms with Crippen LogP contribution in [-0.2, 0) is 19.6 Å². The number of carbonyl (C=O) groups excluding carboxylic acids is 1. The van der Waals surface area contributed by atoms with Crippen molar-refractivity contribution in [2.75, 3.05) is 13.1 Å². The number of ether oxygens (including phenoxy) is 1. The Balaban J connectivity index is 1.86. The Morgan fingerprint density at radius 3 is 2.21 bits per heavy atom. The van der Waals surface area contributed by atoms with E-state index in [-0.39, 0.29) is 16.5 Å². The summed E-state index contributed by atoms with van der Waals surface area (Å²) in [4.78, 5) is 16.5. The summed E-state index contributed by atoms with van der Waals surface area (Å²) in [5.41, 5.74) is 1.55. The van der Waals surface area contributed by atoms with Crippen molar-refractivity contribution >= 4 is 43.9 Å². The van der Waals surface area contributed by atoms with Crippen molar-refractivity contribution in [3.05, 3.63) is 69.8 Å². The first-order chi connectivity index (χ1) is 13.3. The van der Waals surface area contributed by atoms with E-state index in [2.05, 4.69) is 20.9 Å². The van der Waals surface area contributed by atoms with Gasteiger partial charge in [0.15, 0.2) is 5.70 Å². The molecule has 1 aliphatic rings. The normalized spacial score (nSPS) is 15.8. The molecule has 3 rings (SSSR count). The summed E-state index contributed by atoms with van der Waals surface area (Å²) in [6.07, 6.45) is 1.64. The summed E-state index contributed by atoms with van der Waals surface area (Å²) in [5, 5.41) is 0. The largest absolute Gasteiger partial charge is 0.402 e. The fourth-order valence-corrected chi connectivity index (χ4v) is 4.45. The van der Waals surface area contributed by atoms with E-state index in [0.717, 1.165) is 10.0 Å². The number of halogens is 1. The van der Waals surface area contributed by atoms with E-state index in [9.17, 15) is 13.2 Å². The Morgan fingerprint density at radius 1 is 1.04 bits per heavy atom. The standard InChI is InChI=1S/C20H19BrN2O4S/c1-3-23(4-2)28(25,26)17-11-7-15(8-12-17)19-22-18(20(24)27-19)13-14-5-9-16(21)10-6-14/h5-13H,3-4H2,1-2H3/b18-13-. The lowest BCUT2D eigenvalue weighted by atomic mass is 10.2. The third-order valence-corrected chi connectivity index (χ3v) is 6.83. The summed E-state index contributed by atoms with van der Waals surface area (Å²) in [5.74, 6) is -0.391. The highest BCUT2D eigenvalue weighted by atomic mass is 79.9. The highest BCUT2D eigenvalue weighted by Gasteiger charge is 2.26. The molecule has 2 aromatic rings. The number of rotatable bonds is 6. The lowest BCUT2D eigenvalue weighted by Gasteiger charge is -2.18. The van der Waals surface area contributed by atoms with Gasteiger partial charge >= 0.3 is 5.97 Å². The molecule has 1 aliphatic heterocycles. The van der Waals surface area contributed by atoms with Gasteiger partial charge < -0.3 is 4.74 Å². The molecule has 28 heavy (non-hydrogen) atoms. The van der Waals surface area contributed by atoms with Crippen LogP contribution in [0.4, 0.5) is 0 Å². The SMILES string of the molecule is CCN(CC)S(=O)(=O)c1ccc(C2=N/C(=C\c3ccc(Br)cc3)C(=O)O2)cc1. The van der Waals surface area contributed by atoms with E-state index in [1.54, 1.807) is 32.1 Å². The van der Waals surface area contributed by atoms with Gasteiger partial charge in [0.05, 0.1) is 4.90 Å². The van der Waals surface area contributed by atoms with E-state index in [0.29, 0.717) is 18.7 Å². The van der Waals surface area contributed by atoms with E-state index in [1.165, 1.54) is 16.4 Å². The van der Waals surface area contributed by atoms with E-state index < -0.39 is 16.0 Å². The predicted molar refractivity (Wildman–Crippen MR) is 111 cm³/mol. The second-order valence-corrected chi connectivity index (χ2v) is 8.85. The van der Waals surface area contributed by atoms with Gasteiger partial charge in [-0.3, -0.25) is 0 Å². The minimum atomic E-state index is -3.54. The summed E-state index contributed by atoms with van der Waals surface area (Å²) >= 11 is 3.36. The number of aliphatic imine (C=N–C) groups is 1. The molecule has 0 aromatic heterocycles. The molecule has 0 aliphatic carbocycles. The van der Waals surface area contributed by atoms with Crippen LogP contribution < -0.4 is 0 Å². The monoisotopic (exact) mass is 462 g/mol. The maximum atomic E-state index is 12.6. The van der Waals surface area contributed by atoms with Crippen molar-refractivity contribution in [2.45, 2.75) is 18.7 Å². The molecule has 0 saturated carbocycles. The maximum absolute atomic E-state index is 12.6. The van der Waals surface area contributed by atoms with Crippen molar-refractivity contribution in [2.24, 2.45) is 4.99 Å². The van der Waals surface area contributed by atoms with Crippen molar-refractivity contribution < 1.29 is 17.9 Å². The second kappa shape index (κ2) is 8.38. The molecule has 0 spiro atoms. The van der Waals surface area contributed by atoms with Crippen LogP contribution in [0.5, 0.6) is 0 Å². The van der Waals surface area contributed by atoms with E-state index >= 15 is 0 Å². The minimum absolute atomic E-state index is 0.153. The van der Waals surface area contributed by atoms with Crippen molar-refractivity contribution in [1.29, 1.82) is 0 Å². The number of esters is 1. The van der Waals surface area contributed by atoms with Gasteiger partial charge in [-0.2, -0.15) is 4.31 Å². The molecule has 146 valence electrons. The molecule has 0 unspecified atom stereocenters. The van der Waals surface area contributed by atoms with Gasteiger partial charge in [-0.15, -0.1) is 0 Å². The van der Waals surface area contributed by atoms with Gasteiger partial charge in [0.25, 0.3) is 0 Å². The highest BCUT2D eigenvalue weighted by Crippen LogP contribution is 2.22. The molecule has 1 heterocycles. The van der Waals surface area contributed by atoms with Gasteiger partial charge in [-0.1, -0.05) is 41.9 Å². The predicted octanol–water partition coefficient (Wildman–Crippen LogP) is 3.82. The molecule has 0 amide bonds. The Hall–Kier alpha value is -2.29. The minimum Gasteiger partial charge on any atom is -0.402 e. The number of cyclic esters (lactones) is 1. The Labute approximate surface area is 172 Å². The first kappa shape index (κ1) is 20.4. The lowest BCUT2D eigenvalue weighted by molar-refractivity contribution is -0.129. The number of hydrogen-bond acceptors (Lipinski definition) is 5. The molecule has 0 atom stereocenters. The fourth-order valence-electron chi connectivity index (χ4n) is 2.73. The van der Waals surface area contributed by atoms with Gasteiger partial charge in [0, 0.05) is 23.1 Å². The van der Waals surface area contributed by atoms with Crippen molar-refractivity contribution in [3.8, 4) is 0 Å². The molecular formula is C20H19BrN2O4S. The third kappa shape index (κ3) is 4.24. The summed E-state index contributed by atoms with van der Waals surface area (Å²) in [7, 11) is -3.54. The highest BCUT2D eigenvalue weighted by molar-refractivity contribution is 9.10. The molecule has 0 radical (unpaired) electrons. The number of sulfonamides is 1. The van der Waals surface area contributed by atoms with Crippen LogP contribution in [0.25, 0.3) is 6.08 Å².